The third-order valence-corrected chi connectivity index (χ3v) is 5.85. The van der Waals surface area contributed by atoms with E-state index in [9.17, 15) is 9.59 Å². The van der Waals surface area contributed by atoms with Crippen LogP contribution in [0.3, 0.4) is 0 Å². The topological polar surface area (TPSA) is 107 Å². The number of methoxy groups -OCH3 is 3. The molecule has 10 heteroatoms. The number of carbonyl (C=O) groups excluding carboxylic acids is 1. The summed E-state index contributed by atoms with van der Waals surface area (Å²) in [5.74, 6) is 0.110. The van der Waals surface area contributed by atoms with Gasteiger partial charge in [0.05, 0.1) is 38.0 Å². The van der Waals surface area contributed by atoms with E-state index < -0.39 is 12.1 Å². The Morgan fingerprint density at radius 3 is 2.47 bits per heavy atom. The van der Waals surface area contributed by atoms with Gasteiger partial charge in [0, 0.05) is 7.11 Å². The van der Waals surface area contributed by atoms with Gasteiger partial charge >= 0.3 is 5.97 Å². The zero-order valence-electron chi connectivity index (χ0n) is 19.3. The second-order valence-corrected chi connectivity index (χ2v) is 8.17. The molecule has 9 nitrogen and oxygen atoms in total. The van der Waals surface area contributed by atoms with Crippen LogP contribution in [0.1, 0.15) is 12.5 Å². The summed E-state index contributed by atoms with van der Waals surface area (Å²) in [6.45, 7) is 2.16. The Bertz CT molecular complexity index is 1100. The Labute approximate surface area is 202 Å². The van der Waals surface area contributed by atoms with Gasteiger partial charge in [-0.05, 0) is 66.7 Å². The molecule has 1 heterocycles. The Morgan fingerprint density at radius 2 is 1.85 bits per heavy atom. The summed E-state index contributed by atoms with van der Waals surface area (Å²) < 4.78 is 21.1. The average Bonchev–Trinajstić information content (AvgIpc) is 3.12. The third kappa shape index (κ3) is 6.09. The minimum atomic E-state index is -1.08. The van der Waals surface area contributed by atoms with Gasteiger partial charge in [-0.2, -0.15) is 0 Å². The molecule has 1 aliphatic heterocycles. The fourth-order valence-electron chi connectivity index (χ4n) is 3.00. The molecule has 0 saturated carbocycles. The van der Waals surface area contributed by atoms with Gasteiger partial charge in [0.25, 0.3) is 5.91 Å². The highest BCUT2D eigenvalue weighted by atomic mass is 32.2. The Balaban J connectivity index is 1.89. The molecule has 0 unspecified atom stereocenters. The first-order chi connectivity index (χ1) is 16.4. The maximum absolute atomic E-state index is 13.1. The van der Waals surface area contributed by atoms with Crippen molar-refractivity contribution in [1.82, 2.24) is 4.90 Å². The van der Waals surface area contributed by atoms with Crippen LogP contribution in [0.25, 0.3) is 6.08 Å². The number of amidine groups is 1. The second-order valence-electron chi connectivity index (χ2n) is 7.16. The molecule has 1 atom stereocenters. The molecule has 0 aliphatic carbocycles. The van der Waals surface area contributed by atoms with E-state index in [2.05, 4.69) is 4.99 Å². The number of amides is 1. The lowest BCUT2D eigenvalue weighted by Gasteiger charge is -2.15. The van der Waals surface area contributed by atoms with E-state index >= 15 is 0 Å². The number of carbonyl (C=O) groups is 2. The van der Waals surface area contributed by atoms with E-state index in [1.54, 1.807) is 55.5 Å². The van der Waals surface area contributed by atoms with E-state index in [0.29, 0.717) is 46.0 Å². The van der Waals surface area contributed by atoms with Crippen LogP contribution in [0.5, 0.6) is 17.2 Å². The number of hydrogen-bond acceptors (Lipinski definition) is 8. The molecule has 0 radical (unpaired) electrons. The Hall–Kier alpha value is -3.50. The van der Waals surface area contributed by atoms with Crippen molar-refractivity contribution in [2.45, 2.75) is 13.0 Å². The number of aliphatic imine (C=N–C) groups is 1. The number of aliphatic carboxylic acids is 1. The molecule has 0 spiro atoms. The van der Waals surface area contributed by atoms with E-state index in [0.717, 1.165) is 5.75 Å². The van der Waals surface area contributed by atoms with Gasteiger partial charge in [-0.25, -0.2) is 9.79 Å². The van der Waals surface area contributed by atoms with E-state index in [-0.39, 0.29) is 5.91 Å². The molecule has 1 N–H and O–H groups in total. The van der Waals surface area contributed by atoms with Crippen molar-refractivity contribution in [2.75, 3.05) is 34.5 Å². The summed E-state index contributed by atoms with van der Waals surface area (Å²) in [6.07, 6.45) is 0.701. The fraction of sp³-hybridized carbons (Fsp3) is 0.292. The quantitative estimate of drug-likeness (QED) is 0.506. The number of hydrogen-bond donors (Lipinski definition) is 1. The smallest absolute Gasteiger partial charge is 0.344 e. The van der Waals surface area contributed by atoms with Gasteiger partial charge in [0.15, 0.2) is 22.8 Å². The molecule has 1 amide bonds. The lowest BCUT2D eigenvalue weighted by Crippen LogP contribution is -2.32. The highest BCUT2D eigenvalue weighted by Gasteiger charge is 2.33. The molecule has 1 fully saturated rings. The zero-order chi connectivity index (χ0) is 24.7. The maximum Gasteiger partial charge on any atom is 0.344 e. The third-order valence-electron chi connectivity index (χ3n) is 4.84. The predicted octanol–water partition coefficient (Wildman–Crippen LogP) is 3.81. The summed E-state index contributed by atoms with van der Waals surface area (Å²) >= 11 is 1.26. The number of nitrogens with zero attached hydrogens (tertiary/aromatic N) is 2. The van der Waals surface area contributed by atoms with Gasteiger partial charge in [-0.3, -0.25) is 9.69 Å². The number of carboxylic acid groups (broad SMARTS) is 1. The summed E-state index contributed by atoms with van der Waals surface area (Å²) in [6, 6.07) is 12.3. The average molecular weight is 487 g/mol. The molecule has 1 saturated heterocycles. The van der Waals surface area contributed by atoms with Gasteiger partial charge in [0.1, 0.15) is 5.75 Å². The monoisotopic (exact) mass is 486 g/mol. The van der Waals surface area contributed by atoms with Crippen molar-refractivity contribution in [3.05, 3.63) is 52.9 Å². The highest BCUT2D eigenvalue weighted by molar-refractivity contribution is 8.18. The summed E-state index contributed by atoms with van der Waals surface area (Å²) in [5, 5.41) is 9.62. The van der Waals surface area contributed by atoms with Gasteiger partial charge in [0.2, 0.25) is 0 Å². The van der Waals surface area contributed by atoms with Gasteiger partial charge in [-0.15, -0.1) is 0 Å². The molecule has 2 aromatic carbocycles. The Morgan fingerprint density at radius 1 is 1.12 bits per heavy atom. The largest absolute Gasteiger partial charge is 0.497 e. The number of benzene rings is 2. The predicted molar refractivity (Wildman–Crippen MR) is 130 cm³/mol. The summed E-state index contributed by atoms with van der Waals surface area (Å²) in [5.41, 5.74) is 1.39. The zero-order valence-corrected chi connectivity index (χ0v) is 20.1. The molecule has 34 heavy (non-hydrogen) atoms. The number of rotatable bonds is 10. The first kappa shape index (κ1) is 25.1. The van der Waals surface area contributed by atoms with E-state index in [4.69, 9.17) is 24.1 Å². The number of ether oxygens (including phenoxy) is 4. The Kier molecular flexibility index (Phi) is 8.55. The van der Waals surface area contributed by atoms with Crippen LogP contribution in [-0.4, -0.2) is 67.6 Å². The van der Waals surface area contributed by atoms with Gasteiger partial charge < -0.3 is 24.1 Å². The van der Waals surface area contributed by atoms with Crippen molar-refractivity contribution < 1.29 is 33.6 Å². The van der Waals surface area contributed by atoms with Crippen molar-refractivity contribution in [3.8, 4) is 17.2 Å². The first-order valence-electron chi connectivity index (χ1n) is 10.4. The van der Waals surface area contributed by atoms with Crippen LogP contribution >= 0.6 is 11.8 Å². The summed E-state index contributed by atoms with van der Waals surface area (Å²) in [7, 11) is 4.63. The molecule has 1 aliphatic rings. The van der Waals surface area contributed by atoms with Crippen LogP contribution in [0.15, 0.2) is 52.4 Å². The second kappa shape index (κ2) is 11.6. The van der Waals surface area contributed by atoms with Crippen molar-refractivity contribution in [1.29, 1.82) is 0 Å². The van der Waals surface area contributed by atoms with Crippen molar-refractivity contribution >= 4 is 40.6 Å². The first-order valence-corrected chi connectivity index (χ1v) is 11.2. The molecular weight excluding hydrogens is 460 g/mol. The molecule has 0 bridgehead atoms. The highest BCUT2D eigenvalue weighted by Crippen LogP contribution is 2.36. The van der Waals surface area contributed by atoms with Crippen molar-refractivity contribution in [2.24, 2.45) is 4.99 Å². The van der Waals surface area contributed by atoms with Crippen LogP contribution in [0.4, 0.5) is 5.69 Å². The number of thioether (sulfide) groups is 1. The van der Waals surface area contributed by atoms with Crippen LogP contribution < -0.4 is 14.2 Å². The van der Waals surface area contributed by atoms with Gasteiger partial charge in [-0.1, -0.05) is 6.07 Å². The lowest BCUT2D eigenvalue weighted by atomic mass is 10.2. The fourth-order valence-corrected chi connectivity index (χ4v) is 4.03. The molecule has 0 aromatic heterocycles. The SMILES string of the molecule is COCCN1C(=O)/C(=C/c2ccc(O[C@H](C)C(=O)O)c(OC)c2)SC1=Nc1ccc(OC)cc1. The maximum atomic E-state index is 13.1. The number of carboxylic acids is 1. The lowest BCUT2D eigenvalue weighted by molar-refractivity contribution is -0.144. The molecule has 3 rings (SSSR count). The minimum absolute atomic E-state index is 0.187. The van der Waals surface area contributed by atoms with Crippen LogP contribution in [-0.2, 0) is 14.3 Å². The summed E-state index contributed by atoms with van der Waals surface area (Å²) in [4.78, 5) is 30.9. The minimum Gasteiger partial charge on any atom is -0.497 e. The molecular formula is C24H26N2O7S. The molecule has 180 valence electrons. The van der Waals surface area contributed by atoms with E-state index in [1.807, 2.05) is 12.1 Å². The molecule has 2 aromatic rings. The standard InChI is InChI=1S/C24H26N2O7S/c1-15(23(28)29)33-19-10-5-16(13-20(19)32-4)14-21-22(27)26(11-12-30-2)24(34-21)25-17-6-8-18(31-3)9-7-17/h5-10,13-15H,11-12H2,1-4H3,(H,28,29)/b21-14-,25-24?/t15-/m1/s1. The van der Waals surface area contributed by atoms with Crippen LogP contribution in [0.2, 0.25) is 0 Å². The van der Waals surface area contributed by atoms with E-state index in [1.165, 1.54) is 25.8 Å². The van der Waals surface area contributed by atoms with Crippen molar-refractivity contribution in [3.63, 3.8) is 0 Å². The normalized spacial score (nSPS) is 16.7. The van der Waals surface area contributed by atoms with Crippen LogP contribution in [0, 0.1) is 0 Å².